The first-order chi connectivity index (χ1) is 26.3. The predicted molar refractivity (Wildman–Crippen MR) is 210 cm³/mol. The lowest BCUT2D eigenvalue weighted by molar-refractivity contribution is -0.120. The molecule has 54 heavy (non-hydrogen) atoms. The van der Waals surface area contributed by atoms with E-state index in [1.807, 2.05) is 111 Å². The van der Waals surface area contributed by atoms with Crippen molar-refractivity contribution in [3.63, 3.8) is 0 Å². The number of aryl methyl sites for hydroxylation is 2. The Hall–Kier alpha value is -7.41. The number of nitrogens with two attached hydrogens (primary N) is 2. The van der Waals surface area contributed by atoms with Gasteiger partial charge in [-0.05, 0) is 73.5 Å². The number of hydrogen-bond donors (Lipinski definition) is 6. The number of H-pyrrole nitrogens is 4. The average molecular weight is 711 g/mol. The minimum Gasteiger partial charge on any atom is -0.383 e. The van der Waals surface area contributed by atoms with Crippen LogP contribution in [0.5, 0.6) is 0 Å². The van der Waals surface area contributed by atoms with Crippen LogP contribution in [0, 0.1) is 13.8 Å². The summed E-state index contributed by atoms with van der Waals surface area (Å²) < 4.78 is 3.33. The van der Waals surface area contributed by atoms with Crippen molar-refractivity contribution in [2.75, 3.05) is 11.5 Å². The molecule has 6 heterocycles. The first-order valence-corrected chi connectivity index (χ1v) is 17.6. The van der Waals surface area contributed by atoms with Crippen LogP contribution in [-0.2, 0) is 4.79 Å². The van der Waals surface area contributed by atoms with Crippen LogP contribution in [0.1, 0.15) is 45.7 Å². The summed E-state index contributed by atoms with van der Waals surface area (Å²) in [7, 11) is 0. The van der Waals surface area contributed by atoms with Crippen LogP contribution in [0.15, 0.2) is 110 Å². The van der Waals surface area contributed by atoms with Crippen molar-refractivity contribution in [1.29, 1.82) is 0 Å². The van der Waals surface area contributed by atoms with Gasteiger partial charge in [0.2, 0.25) is 0 Å². The quantitative estimate of drug-likeness (QED) is 0.0969. The molecule has 2 atom stereocenters. The zero-order valence-corrected chi connectivity index (χ0v) is 29.3. The van der Waals surface area contributed by atoms with Crippen LogP contribution in [0.2, 0.25) is 0 Å². The summed E-state index contributed by atoms with van der Waals surface area (Å²) in [5, 5.41) is 11.3. The highest BCUT2D eigenvalue weighted by Gasteiger charge is 2.38. The lowest BCUT2D eigenvalue weighted by Gasteiger charge is -2.23. The average Bonchev–Trinajstić information content (AvgIpc) is 4.03. The number of nitrogens with zero attached hydrogens (tertiary/aromatic N) is 6. The topological polar surface area (TPSA) is 194 Å². The summed E-state index contributed by atoms with van der Waals surface area (Å²) in [4.78, 5) is 38.3. The van der Waals surface area contributed by atoms with Crippen LogP contribution < -0.4 is 11.5 Å². The highest BCUT2D eigenvalue weighted by atomic mass is 16.1. The molecule has 0 fully saturated rings. The number of rotatable bonds is 8. The van der Waals surface area contributed by atoms with Gasteiger partial charge in [0.1, 0.15) is 23.3 Å². The van der Waals surface area contributed by atoms with Gasteiger partial charge in [0, 0.05) is 45.3 Å². The summed E-state index contributed by atoms with van der Waals surface area (Å²) in [5.74, 6) is 0.476. The van der Waals surface area contributed by atoms with E-state index < -0.39 is 11.8 Å². The van der Waals surface area contributed by atoms with Crippen molar-refractivity contribution >= 4 is 61.3 Å². The van der Waals surface area contributed by atoms with E-state index in [1.165, 1.54) is 0 Å². The molecule has 8 N–H and O–H groups in total. The summed E-state index contributed by atoms with van der Waals surface area (Å²) in [5.41, 5.74) is 23.4. The van der Waals surface area contributed by atoms with Gasteiger partial charge in [0.05, 0.1) is 57.7 Å². The number of ketones is 1. The number of hydrogen-bond acceptors (Lipinski definition) is 7. The molecule has 10 rings (SSSR count). The molecule has 13 nitrogen and oxygen atoms in total. The van der Waals surface area contributed by atoms with Crippen molar-refractivity contribution < 1.29 is 4.79 Å². The minimum absolute atomic E-state index is 0.138. The second-order valence-electron chi connectivity index (χ2n) is 13.7. The third-order valence-corrected chi connectivity index (χ3v) is 10.4. The summed E-state index contributed by atoms with van der Waals surface area (Å²) in [6.07, 6.45) is 7.18. The van der Waals surface area contributed by atoms with E-state index in [0.717, 1.165) is 78.0 Å². The van der Waals surface area contributed by atoms with Gasteiger partial charge in [-0.15, -0.1) is 0 Å². The second kappa shape index (κ2) is 11.8. The molecule has 0 saturated heterocycles. The molecule has 0 aliphatic heterocycles. The lowest BCUT2D eigenvalue weighted by Crippen LogP contribution is -2.24. The van der Waals surface area contributed by atoms with E-state index in [0.29, 0.717) is 22.8 Å². The number of imidazole rings is 2. The van der Waals surface area contributed by atoms with E-state index in [2.05, 4.69) is 29.9 Å². The minimum atomic E-state index is -0.848. The number of aromatic amines is 4. The Bertz CT molecular complexity index is 2850. The normalized spacial score (nSPS) is 13.1. The molecule has 10 aromatic rings. The Labute approximate surface area is 307 Å². The Morgan fingerprint density at radius 1 is 0.593 bits per heavy atom. The van der Waals surface area contributed by atoms with E-state index in [9.17, 15) is 0 Å². The van der Waals surface area contributed by atoms with Gasteiger partial charge in [-0.3, -0.25) is 4.79 Å². The van der Waals surface area contributed by atoms with Crippen LogP contribution in [0.25, 0.3) is 55.2 Å². The van der Waals surface area contributed by atoms with E-state index in [1.54, 1.807) is 21.8 Å². The molecule has 13 heteroatoms. The van der Waals surface area contributed by atoms with Crippen molar-refractivity contribution in [2.24, 2.45) is 0 Å². The Balaban J connectivity index is 1.17. The third-order valence-electron chi connectivity index (χ3n) is 10.4. The first kappa shape index (κ1) is 31.3. The van der Waals surface area contributed by atoms with Gasteiger partial charge in [0.15, 0.2) is 5.78 Å². The van der Waals surface area contributed by atoms with Crippen molar-refractivity contribution in [1.82, 2.24) is 49.5 Å². The fourth-order valence-corrected chi connectivity index (χ4v) is 7.89. The molecule has 0 radical (unpaired) electrons. The smallest absolute Gasteiger partial charge is 0.157 e. The number of aromatic nitrogens is 10. The van der Waals surface area contributed by atoms with Gasteiger partial charge in [-0.25, -0.2) is 19.3 Å². The highest BCUT2D eigenvalue weighted by molar-refractivity contribution is 6.04. The summed E-state index contributed by atoms with van der Waals surface area (Å²) in [6.45, 7) is 3.83. The molecular formula is C41H34N12O. The number of carbonyl (C=O) groups is 1. The molecule has 0 spiro atoms. The fraction of sp³-hybridized carbons (Fsp3) is 0.0976. The lowest BCUT2D eigenvalue weighted by atomic mass is 9.78. The van der Waals surface area contributed by atoms with Crippen LogP contribution >= 0.6 is 0 Å². The van der Waals surface area contributed by atoms with Crippen LogP contribution in [0.4, 0.5) is 11.6 Å². The SMILES string of the molecule is Cc1nc2ccc(-n3ncc(C(C(=O)C(c4cnn(-c5ccc6nc(C)[nH]c6c5)c4N)c4c[nH]c5ccccc45)c4c[nH]c5ccccc45)c3N)cc2[nH]1. The molecule has 264 valence electrons. The van der Waals surface area contributed by atoms with Gasteiger partial charge in [-0.2, -0.15) is 10.2 Å². The second-order valence-corrected chi connectivity index (χ2v) is 13.7. The molecule has 0 amide bonds. The van der Waals surface area contributed by atoms with E-state index in [-0.39, 0.29) is 5.78 Å². The molecule has 4 aromatic carbocycles. The molecule has 2 unspecified atom stereocenters. The Morgan fingerprint density at radius 2 is 1.04 bits per heavy atom. The first-order valence-electron chi connectivity index (χ1n) is 17.6. The largest absolute Gasteiger partial charge is 0.383 e. The summed E-state index contributed by atoms with van der Waals surface area (Å²) in [6, 6.07) is 27.5. The fourth-order valence-electron chi connectivity index (χ4n) is 7.89. The highest BCUT2D eigenvalue weighted by Crippen LogP contribution is 2.43. The number of nitrogens with one attached hydrogen (secondary N) is 4. The van der Waals surface area contributed by atoms with Gasteiger partial charge >= 0.3 is 0 Å². The zero-order chi connectivity index (χ0) is 36.7. The van der Waals surface area contributed by atoms with E-state index >= 15 is 4.79 Å². The number of carbonyl (C=O) groups excluding carboxylic acids is 1. The maximum absolute atomic E-state index is 15.8. The molecule has 0 aliphatic rings. The maximum atomic E-state index is 15.8. The molecule has 6 aromatic heterocycles. The number of para-hydroxylation sites is 2. The van der Waals surface area contributed by atoms with Crippen LogP contribution in [0.3, 0.4) is 0 Å². The number of nitrogen functional groups attached to an aromatic ring is 2. The summed E-state index contributed by atoms with van der Waals surface area (Å²) >= 11 is 0. The number of anilines is 2. The number of fused-ring (bicyclic) bond motifs is 4. The van der Waals surface area contributed by atoms with Gasteiger partial charge < -0.3 is 31.4 Å². The zero-order valence-electron chi connectivity index (χ0n) is 29.3. The molecule has 0 bridgehead atoms. The Kier molecular flexibility index (Phi) is 6.86. The molecular weight excluding hydrogens is 677 g/mol. The number of Topliss-reactive ketones (excluding diaryl/α,β-unsaturated/α-hetero) is 1. The van der Waals surface area contributed by atoms with Gasteiger partial charge in [0.25, 0.3) is 0 Å². The van der Waals surface area contributed by atoms with Crippen LogP contribution in [-0.4, -0.2) is 55.2 Å². The van der Waals surface area contributed by atoms with Crippen molar-refractivity contribution in [3.8, 4) is 11.4 Å². The van der Waals surface area contributed by atoms with Gasteiger partial charge in [-0.1, -0.05) is 36.4 Å². The third kappa shape index (κ3) is 4.82. The predicted octanol–water partition coefficient (Wildman–Crippen LogP) is 7.09. The standard InChI is InChI=1S/C41H34N12O/c1-21-48-33-13-11-23(15-35(33)50-21)52-40(42)29(19-46-52)37(27-17-44-31-9-5-3-7-25(27)31)39(54)38(28-18-45-32-10-6-4-8-26(28)32)30-20-47-53(41(30)43)24-12-14-34-36(16-24)51-22(2)49-34/h3-20,37-38,44-45H,42-43H2,1-2H3,(H,48,50)(H,49,51). The maximum Gasteiger partial charge on any atom is 0.157 e. The van der Waals surface area contributed by atoms with E-state index in [4.69, 9.17) is 21.7 Å². The Morgan fingerprint density at radius 3 is 1.50 bits per heavy atom. The number of benzene rings is 4. The van der Waals surface area contributed by atoms with Crippen molar-refractivity contribution in [3.05, 3.63) is 144 Å². The molecule has 0 aliphatic carbocycles. The molecule has 0 saturated carbocycles. The van der Waals surface area contributed by atoms with Crippen molar-refractivity contribution in [2.45, 2.75) is 25.7 Å². The monoisotopic (exact) mass is 710 g/mol.